The average Bonchev–Trinajstić information content (AvgIpc) is 2.67. The summed E-state index contributed by atoms with van der Waals surface area (Å²) in [5.41, 5.74) is 1.61. The van der Waals surface area contributed by atoms with Gasteiger partial charge in [0.25, 0.3) is 5.91 Å². The Morgan fingerprint density at radius 2 is 1.90 bits per heavy atom. The Bertz CT molecular complexity index is 674. The van der Waals surface area contributed by atoms with Crippen molar-refractivity contribution < 1.29 is 18.0 Å². The minimum atomic E-state index is -4.09. The van der Waals surface area contributed by atoms with E-state index in [1.165, 1.54) is 0 Å². The Morgan fingerprint density at radius 1 is 1.21 bits per heavy atom. The van der Waals surface area contributed by atoms with Crippen LogP contribution in [0.4, 0.5) is 13.2 Å². The maximum absolute atomic E-state index is 12.8. The monoisotopic (exact) mass is 526 g/mol. The van der Waals surface area contributed by atoms with E-state index >= 15 is 0 Å². The highest BCUT2D eigenvalue weighted by molar-refractivity contribution is 14.0. The second kappa shape index (κ2) is 12.2. The highest BCUT2D eigenvalue weighted by Gasteiger charge is 2.41. The molecule has 5 nitrogen and oxygen atoms in total. The molecule has 164 valence electrons. The Hall–Kier alpha value is -1.52. The molecular formula is C20H30F3IN4O. The summed E-state index contributed by atoms with van der Waals surface area (Å²) in [4.78, 5) is 16.2. The number of nitrogens with zero attached hydrogens (tertiary/aromatic N) is 1. The Labute approximate surface area is 187 Å². The van der Waals surface area contributed by atoms with Crippen LogP contribution < -0.4 is 16.0 Å². The summed E-state index contributed by atoms with van der Waals surface area (Å²) in [6, 6.07) is 7.39. The third-order valence-electron chi connectivity index (χ3n) is 4.96. The molecule has 0 heterocycles. The summed E-state index contributed by atoms with van der Waals surface area (Å²) >= 11 is 0. The van der Waals surface area contributed by atoms with Crippen LogP contribution in [0.15, 0.2) is 29.3 Å². The highest BCUT2D eigenvalue weighted by atomic mass is 127. The lowest BCUT2D eigenvalue weighted by atomic mass is 9.85. The number of hydrogen-bond donors (Lipinski definition) is 3. The van der Waals surface area contributed by atoms with Crippen LogP contribution in [0.1, 0.15) is 48.5 Å². The van der Waals surface area contributed by atoms with Gasteiger partial charge in [0.15, 0.2) is 5.96 Å². The van der Waals surface area contributed by atoms with Crippen molar-refractivity contribution in [3.8, 4) is 0 Å². The highest BCUT2D eigenvalue weighted by Crippen LogP contribution is 2.37. The molecule has 0 bridgehead atoms. The quantitative estimate of drug-likeness (QED) is 0.300. The molecule has 0 unspecified atom stereocenters. The Morgan fingerprint density at radius 3 is 2.48 bits per heavy atom. The molecular weight excluding hydrogens is 496 g/mol. The Balaban J connectivity index is 0.00000420. The van der Waals surface area contributed by atoms with Crippen molar-refractivity contribution >= 4 is 35.8 Å². The standard InChI is InChI=1S/C20H29F3N4O.HI/c1-3-25-19(27-17-9-7-16(8-10-17)20(21,22)23)26-12-11-14-5-4-6-15(13-14)18(28)24-2;/h4-6,13,16-17H,3,7-12H2,1-2H3,(H,24,28)(H2,25,26,27);1H. The van der Waals surface area contributed by atoms with Crippen LogP contribution in [0.2, 0.25) is 0 Å². The zero-order valence-corrected chi connectivity index (χ0v) is 19.1. The number of halogens is 4. The van der Waals surface area contributed by atoms with Gasteiger partial charge in [-0.05, 0) is 56.7 Å². The van der Waals surface area contributed by atoms with Crippen LogP contribution in [0.3, 0.4) is 0 Å². The van der Waals surface area contributed by atoms with E-state index in [0.717, 1.165) is 5.56 Å². The summed E-state index contributed by atoms with van der Waals surface area (Å²) in [7, 11) is 1.59. The molecule has 1 fully saturated rings. The number of benzene rings is 1. The van der Waals surface area contributed by atoms with E-state index in [1.54, 1.807) is 13.1 Å². The van der Waals surface area contributed by atoms with E-state index in [-0.39, 0.29) is 48.8 Å². The molecule has 0 aromatic heterocycles. The molecule has 2 rings (SSSR count). The summed E-state index contributed by atoms with van der Waals surface area (Å²) in [6.07, 6.45) is -2.12. The van der Waals surface area contributed by atoms with Crippen molar-refractivity contribution in [1.82, 2.24) is 16.0 Å². The van der Waals surface area contributed by atoms with Crippen LogP contribution in [0, 0.1) is 5.92 Å². The minimum absolute atomic E-state index is 0. The van der Waals surface area contributed by atoms with Crippen molar-refractivity contribution in [2.45, 2.75) is 51.2 Å². The second-order valence-electron chi connectivity index (χ2n) is 7.02. The molecule has 1 aliphatic carbocycles. The molecule has 29 heavy (non-hydrogen) atoms. The summed E-state index contributed by atoms with van der Waals surface area (Å²) in [6.45, 7) is 3.14. The second-order valence-corrected chi connectivity index (χ2v) is 7.02. The minimum Gasteiger partial charge on any atom is -0.357 e. The van der Waals surface area contributed by atoms with Gasteiger partial charge in [0.1, 0.15) is 0 Å². The van der Waals surface area contributed by atoms with Crippen molar-refractivity contribution in [3.63, 3.8) is 0 Å². The van der Waals surface area contributed by atoms with Gasteiger partial charge in [-0.1, -0.05) is 12.1 Å². The van der Waals surface area contributed by atoms with Crippen molar-refractivity contribution in [2.75, 3.05) is 20.1 Å². The van der Waals surface area contributed by atoms with Gasteiger partial charge < -0.3 is 16.0 Å². The summed E-state index contributed by atoms with van der Waals surface area (Å²) in [5, 5.41) is 9.01. The fourth-order valence-corrected chi connectivity index (χ4v) is 3.39. The van der Waals surface area contributed by atoms with E-state index in [9.17, 15) is 18.0 Å². The van der Waals surface area contributed by atoms with Gasteiger partial charge in [0.05, 0.1) is 5.92 Å². The summed E-state index contributed by atoms with van der Waals surface area (Å²) < 4.78 is 38.4. The molecule has 0 atom stereocenters. The van der Waals surface area contributed by atoms with Crippen LogP contribution in [-0.4, -0.2) is 44.2 Å². The molecule has 1 saturated carbocycles. The molecule has 3 N–H and O–H groups in total. The summed E-state index contributed by atoms with van der Waals surface area (Å²) in [5.74, 6) is -0.687. The SMILES string of the molecule is CCNC(=NCCc1cccc(C(=O)NC)c1)NC1CCC(C(F)(F)F)CC1.I. The number of carbonyl (C=O) groups excluding carboxylic acids is 1. The van der Waals surface area contributed by atoms with Gasteiger partial charge in [0.2, 0.25) is 0 Å². The molecule has 9 heteroatoms. The molecule has 0 aliphatic heterocycles. The van der Waals surface area contributed by atoms with Gasteiger partial charge in [-0.25, -0.2) is 0 Å². The predicted molar refractivity (Wildman–Crippen MR) is 120 cm³/mol. The fraction of sp³-hybridized carbons (Fsp3) is 0.600. The molecule has 1 aromatic rings. The molecule has 0 spiro atoms. The predicted octanol–water partition coefficient (Wildman–Crippen LogP) is 3.88. The smallest absolute Gasteiger partial charge is 0.357 e. The van der Waals surface area contributed by atoms with Gasteiger partial charge in [-0.15, -0.1) is 24.0 Å². The first kappa shape index (κ1) is 25.5. The zero-order chi connectivity index (χ0) is 20.6. The van der Waals surface area contributed by atoms with Crippen molar-refractivity contribution in [2.24, 2.45) is 10.9 Å². The lowest BCUT2D eigenvalue weighted by molar-refractivity contribution is -0.182. The average molecular weight is 526 g/mol. The van der Waals surface area contributed by atoms with Crippen LogP contribution in [-0.2, 0) is 6.42 Å². The number of guanidine groups is 1. The lowest BCUT2D eigenvalue weighted by Crippen LogP contribution is -2.45. The number of rotatable bonds is 6. The number of nitrogens with one attached hydrogen (secondary N) is 3. The van der Waals surface area contributed by atoms with E-state index in [4.69, 9.17) is 0 Å². The first-order valence-corrected chi connectivity index (χ1v) is 9.76. The first-order chi connectivity index (χ1) is 13.3. The lowest BCUT2D eigenvalue weighted by Gasteiger charge is -2.31. The van der Waals surface area contributed by atoms with Crippen LogP contribution in [0.5, 0.6) is 0 Å². The number of amides is 1. The van der Waals surface area contributed by atoms with Crippen molar-refractivity contribution in [1.29, 1.82) is 0 Å². The molecule has 1 aromatic carbocycles. The topological polar surface area (TPSA) is 65.5 Å². The molecule has 1 aliphatic rings. The number of hydrogen-bond acceptors (Lipinski definition) is 2. The molecule has 0 saturated heterocycles. The molecule has 1 amide bonds. The van der Waals surface area contributed by atoms with Gasteiger partial charge in [-0.2, -0.15) is 13.2 Å². The third-order valence-corrected chi connectivity index (χ3v) is 4.96. The normalized spacial score (nSPS) is 19.8. The van der Waals surface area contributed by atoms with Gasteiger partial charge in [-0.3, -0.25) is 9.79 Å². The van der Waals surface area contributed by atoms with Crippen LogP contribution in [0.25, 0.3) is 0 Å². The van der Waals surface area contributed by atoms with Crippen molar-refractivity contribution in [3.05, 3.63) is 35.4 Å². The number of aliphatic imine (C=N–C) groups is 1. The zero-order valence-electron chi connectivity index (χ0n) is 16.8. The third kappa shape index (κ3) is 8.39. The maximum atomic E-state index is 12.8. The number of carbonyl (C=O) groups is 1. The molecule has 0 radical (unpaired) electrons. The van der Waals surface area contributed by atoms with Crippen LogP contribution >= 0.6 is 24.0 Å². The maximum Gasteiger partial charge on any atom is 0.391 e. The van der Waals surface area contributed by atoms with Gasteiger partial charge in [0, 0.05) is 31.7 Å². The largest absolute Gasteiger partial charge is 0.391 e. The Kier molecular flexibility index (Phi) is 10.8. The number of alkyl halides is 3. The van der Waals surface area contributed by atoms with E-state index < -0.39 is 12.1 Å². The van der Waals surface area contributed by atoms with E-state index in [2.05, 4.69) is 20.9 Å². The van der Waals surface area contributed by atoms with E-state index in [0.29, 0.717) is 43.9 Å². The van der Waals surface area contributed by atoms with Gasteiger partial charge >= 0.3 is 6.18 Å². The van der Waals surface area contributed by atoms with E-state index in [1.807, 2.05) is 25.1 Å². The fourth-order valence-electron chi connectivity index (χ4n) is 3.39. The first-order valence-electron chi connectivity index (χ1n) is 9.76.